The van der Waals surface area contributed by atoms with Crippen molar-refractivity contribution >= 4 is 39.7 Å². The number of piperazine rings is 1. The minimum atomic E-state index is 0.156. The molecular formula is C21H27ClN4OS+2. The smallest absolute Gasteiger partial charge is 0.275 e. The summed E-state index contributed by atoms with van der Waals surface area (Å²) in [6, 6.07) is 12.4. The van der Waals surface area contributed by atoms with Gasteiger partial charge in [0.25, 0.3) is 5.91 Å². The molecule has 148 valence electrons. The fraction of sp³-hybridized carbons (Fsp3) is 0.381. The average Bonchev–Trinajstić information content (AvgIpc) is 3.30. The van der Waals surface area contributed by atoms with Crippen LogP contribution in [0.1, 0.15) is 10.4 Å². The number of hydrogen-bond donors (Lipinski definition) is 4. The molecule has 1 fully saturated rings. The van der Waals surface area contributed by atoms with Crippen molar-refractivity contribution in [1.82, 2.24) is 10.3 Å². The van der Waals surface area contributed by atoms with E-state index < -0.39 is 0 Å². The summed E-state index contributed by atoms with van der Waals surface area (Å²) < 4.78 is 0.864. The van der Waals surface area contributed by atoms with Crippen molar-refractivity contribution < 1.29 is 14.6 Å². The zero-order valence-corrected chi connectivity index (χ0v) is 17.5. The van der Waals surface area contributed by atoms with Gasteiger partial charge in [-0.15, -0.1) is 11.3 Å². The fourth-order valence-electron chi connectivity index (χ4n) is 3.97. The molecule has 4 rings (SSSR count). The van der Waals surface area contributed by atoms with E-state index in [1.54, 1.807) is 16.2 Å². The molecule has 2 aromatic heterocycles. The second-order valence-corrected chi connectivity index (χ2v) is 9.32. The Morgan fingerprint density at radius 1 is 1.11 bits per heavy atom. The predicted octanol–water partition coefficient (Wildman–Crippen LogP) is 0.525. The van der Waals surface area contributed by atoms with Crippen molar-refractivity contribution in [2.75, 3.05) is 39.3 Å². The normalized spacial score (nSPS) is 19.8. The maximum Gasteiger partial charge on any atom is 0.275 e. The summed E-state index contributed by atoms with van der Waals surface area (Å²) in [4.78, 5) is 19.9. The SMILES string of the molecule is O=C(C[NH+]1CC[NH+](Cc2ccc(Cl)s2)CC1)NCCc1c[nH]c2ccccc12. The first-order valence-corrected chi connectivity index (χ1v) is 11.1. The number of carbonyl (C=O) groups excluding carboxylic acids is 1. The number of nitrogens with one attached hydrogen (secondary N) is 4. The molecule has 0 bridgehead atoms. The highest BCUT2D eigenvalue weighted by molar-refractivity contribution is 7.16. The topological polar surface area (TPSA) is 53.8 Å². The summed E-state index contributed by atoms with van der Waals surface area (Å²) in [5.41, 5.74) is 2.41. The molecule has 1 aromatic carbocycles. The highest BCUT2D eigenvalue weighted by Crippen LogP contribution is 2.20. The number of benzene rings is 1. The summed E-state index contributed by atoms with van der Waals surface area (Å²) in [6.45, 7) is 6.60. The largest absolute Gasteiger partial charge is 0.361 e. The number of para-hydroxylation sites is 1. The van der Waals surface area contributed by atoms with E-state index in [0.717, 1.165) is 49.0 Å². The Hall–Kier alpha value is -1.86. The number of fused-ring (bicyclic) bond motifs is 1. The maximum atomic E-state index is 12.3. The van der Waals surface area contributed by atoms with Crippen molar-refractivity contribution in [3.63, 3.8) is 0 Å². The van der Waals surface area contributed by atoms with Crippen LogP contribution in [-0.4, -0.2) is 50.2 Å². The molecule has 5 nitrogen and oxygen atoms in total. The number of rotatable bonds is 7. The lowest BCUT2D eigenvalue weighted by atomic mass is 10.1. The van der Waals surface area contributed by atoms with Crippen LogP contribution >= 0.6 is 22.9 Å². The molecule has 3 aromatic rings. The maximum absolute atomic E-state index is 12.3. The summed E-state index contributed by atoms with van der Waals surface area (Å²) in [5.74, 6) is 0.156. The Morgan fingerprint density at radius 2 is 1.89 bits per heavy atom. The van der Waals surface area contributed by atoms with E-state index in [9.17, 15) is 4.79 Å². The lowest BCUT2D eigenvalue weighted by molar-refractivity contribution is -1.01. The van der Waals surface area contributed by atoms with Crippen molar-refractivity contribution in [2.45, 2.75) is 13.0 Å². The van der Waals surface area contributed by atoms with Crippen LogP contribution in [0.3, 0.4) is 0 Å². The van der Waals surface area contributed by atoms with Crippen LogP contribution in [0.4, 0.5) is 0 Å². The summed E-state index contributed by atoms with van der Waals surface area (Å²) in [6.07, 6.45) is 2.90. The van der Waals surface area contributed by atoms with Crippen molar-refractivity contribution in [3.8, 4) is 0 Å². The quantitative estimate of drug-likeness (QED) is 0.444. The van der Waals surface area contributed by atoms with Crippen molar-refractivity contribution in [1.29, 1.82) is 0 Å². The molecule has 28 heavy (non-hydrogen) atoms. The van der Waals surface area contributed by atoms with Gasteiger partial charge in [-0.05, 0) is 30.2 Å². The first kappa shape index (κ1) is 19.5. The van der Waals surface area contributed by atoms with Gasteiger partial charge in [0.1, 0.15) is 32.7 Å². The van der Waals surface area contributed by atoms with E-state index in [1.165, 1.54) is 20.7 Å². The van der Waals surface area contributed by atoms with E-state index in [-0.39, 0.29) is 5.91 Å². The van der Waals surface area contributed by atoms with Crippen LogP contribution in [0.25, 0.3) is 10.9 Å². The van der Waals surface area contributed by atoms with Gasteiger partial charge in [0.05, 0.1) is 9.21 Å². The zero-order valence-electron chi connectivity index (χ0n) is 15.9. The summed E-state index contributed by atoms with van der Waals surface area (Å²) in [5, 5.41) is 4.34. The first-order valence-electron chi connectivity index (χ1n) is 9.90. The number of thiophene rings is 1. The molecule has 0 radical (unpaired) electrons. The molecule has 1 saturated heterocycles. The van der Waals surface area contributed by atoms with E-state index in [2.05, 4.69) is 34.6 Å². The summed E-state index contributed by atoms with van der Waals surface area (Å²) >= 11 is 7.69. The van der Waals surface area contributed by atoms with Gasteiger partial charge in [-0.1, -0.05) is 29.8 Å². The number of halogens is 1. The highest BCUT2D eigenvalue weighted by atomic mass is 35.5. The molecule has 1 aliphatic heterocycles. The second-order valence-electron chi connectivity index (χ2n) is 7.52. The van der Waals surface area contributed by atoms with Gasteiger partial charge >= 0.3 is 0 Å². The van der Waals surface area contributed by atoms with Crippen LogP contribution in [0, 0.1) is 0 Å². The molecule has 4 N–H and O–H groups in total. The molecule has 0 aliphatic carbocycles. The molecule has 0 saturated carbocycles. The summed E-state index contributed by atoms with van der Waals surface area (Å²) in [7, 11) is 0. The van der Waals surface area contributed by atoms with Crippen LogP contribution < -0.4 is 15.1 Å². The van der Waals surface area contributed by atoms with Crippen LogP contribution in [0.5, 0.6) is 0 Å². The molecule has 3 heterocycles. The number of H-pyrrole nitrogens is 1. The predicted molar refractivity (Wildman–Crippen MR) is 114 cm³/mol. The number of aromatic nitrogens is 1. The van der Waals surface area contributed by atoms with Gasteiger partial charge in [-0.25, -0.2) is 0 Å². The van der Waals surface area contributed by atoms with Gasteiger partial charge in [0.2, 0.25) is 0 Å². The molecule has 7 heteroatoms. The molecule has 0 atom stereocenters. The Balaban J connectivity index is 1.16. The van der Waals surface area contributed by atoms with Gasteiger partial charge < -0.3 is 20.1 Å². The Morgan fingerprint density at radius 3 is 2.68 bits per heavy atom. The Bertz CT molecular complexity index is 929. The second kappa shape index (κ2) is 9.09. The van der Waals surface area contributed by atoms with Gasteiger partial charge in [0, 0.05) is 23.6 Å². The van der Waals surface area contributed by atoms with E-state index in [0.29, 0.717) is 13.1 Å². The third kappa shape index (κ3) is 4.94. The monoisotopic (exact) mass is 418 g/mol. The third-order valence-electron chi connectivity index (χ3n) is 5.52. The van der Waals surface area contributed by atoms with E-state index in [4.69, 9.17) is 11.6 Å². The van der Waals surface area contributed by atoms with Gasteiger partial charge in [0.15, 0.2) is 6.54 Å². The first-order chi connectivity index (χ1) is 13.7. The number of amides is 1. The molecular weight excluding hydrogens is 392 g/mol. The van der Waals surface area contributed by atoms with Gasteiger partial charge in [-0.3, -0.25) is 4.79 Å². The lowest BCUT2D eigenvalue weighted by Crippen LogP contribution is -3.28. The van der Waals surface area contributed by atoms with Crippen molar-refractivity contribution in [2.24, 2.45) is 0 Å². The van der Waals surface area contributed by atoms with Crippen LogP contribution in [0.2, 0.25) is 4.34 Å². The minimum absolute atomic E-state index is 0.156. The van der Waals surface area contributed by atoms with Crippen LogP contribution in [-0.2, 0) is 17.8 Å². The average molecular weight is 419 g/mol. The lowest BCUT2D eigenvalue weighted by Gasteiger charge is -2.29. The van der Waals surface area contributed by atoms with Crippen LogP contribution in [0.15, 0.2) is 42.6 Å². The standard InChI is InChI=1S/C21H25ClN4OS/c22-20-6-5-17(28-20)14-25-9-11-26(12-10-25)15-21(27)23-8-7-16-13-24-19-4-2-1-3-18(16)19/h1-6,13,24H,7-12,14-15H2,(H,23,27)/p+2. The third-order valence-corrected chi connectivity index (χ3v) is 6.75. The highest BCUT2D eigenvalue weighted by Gasteiger charge is 2.25. The fourth-order valence-corrected chi connectivity index (χ4v) is 5.13. The Labute approximate surface area is 174 Å². The number of aromatic amines is 1. The molecule has 1 amide bonds. The number of quaternary nitrogens is 2. The van der Waals surface area contributed by atoms with E-state index in [1.807, 2.05) is 18.3 Å². The number of hydrogen-bond acceptors (Lipinski definition) is 2. The number of carbonyl (C=O) groups is 1. The molecule has 1 aliphatic rings. The van der Waals surface area contributed by atoms with E-state index >= 15 is 0 Å². The van der Waals surface area contributed by atoms with Gasteiger partial charge in [-0.2, -0.15) is 0 Å². The van der Waals surface area contributed by atoms with Crippen molar-refractivity contribution in [3.05, 3.63) is 57.4 Å². The molecule has 0 spiro atoms. The zero-order chi connectivity index (χ0) is 19.3. The Kier molecular flexibility index (Phi) is 6.32. The molecule has 0 unspecified atom stereocenters. The minimum Gasteiger partial charge on any atom is -0.361 e.